The van der Waals surface area contributed by atoms with Crippen molar-refractivity contribution in [2.24, 2.45) is 5.92 Å². The van der Waals surface area contributed by atoms with Crippen molar-refractivity contribution in [3.05, 3.63) is 22.4 Å². The molecule has 0 aromatic heterocycles. The fourth-order valence-electron chi connectivity index (χ4n) is 1.93. The fraction of sp³-hybridized carbons (Fsp3) is 0.455. The molecule has 1 aromatic carbocycles. The van der Waals surface area contributed by atoms with Crippen LogP contribution < -0.4 is 11.1 Å². The second-order valence-electron chi connectivity index (χ2n) is 4.27. The van der Waals surface area contributed by atoms with Gasteiger partial charge in [-0.2, -0.15) is 0 Å². The molecule has 3 N–H and O–H groups in total. The Hall–Kier alpha value is -0.770. The van der Waals surface area contributed by atoms with E-state index in [1.807, 2.05) is 0 Å². The second-order valence-corrected chi connectivity index (χ2v) is 5.13. The smallest absolute Gasteiger partial charge is 0.139 e. The van der Waals surface area contributed by atoms with Crippen LogP contribution in [0, 0.1) is 11.7 Å². The predicted molar refractivity (Wildman–Crippen MR) is 64.3 cm³/mol. The lowest BCUT2D eigenvalue weighted by atomic mass is 9.82. The largest absolute Gasteiger partial charge is 0.397 e. The number of rotatable bonds is 2. The number of benzene rings is 1. The molecule has 1 aromatic rings. The monoisotopic (exact) mass is 272 g/mol. The third kappa shape index (κ3) is 2.25. The molecule has 1 aliphatic rings. The molecular weight excluding hydrogens is 259 g/mol. The molecule has 1 fully saturated rings. The van der Waals surface area contributed by atoms with Crippen molar-refractivity contribution in [1.82, 2.24) is 0 Å². The molecule has 0 amide bonds. The summed E-state index contributed by atoms with van der Waals surface area (Å²) in [7, 11) is 0. The van der Waals surface area contributed by atoms with Gasteiger partial charge in [-0.05, 0) is 40.8 Å². The van der Waals surface area contributed by atoms with Crippen molar-refractivity contribution in [1.29, 1.82) is 0 Å². The average Bonchev–Trinajstić information content (AvgIpc) is 2.11. The molecule has 0 aliphatic heterocycles. The van der Waals surface area contributed by atoms with Crippen LogP contribution in [0.4, 0.5) is 15.8 Å². The van der Waals surface area contributed by atoms with E-state index in [0.717, 1.165) is 18.8 Å². The number of nitrogens with two attached hydrogens (primary N) is 1. The summed E-state index contributed by atoms with van der Waals surface area (Å²) >= 11 is 3.10. The highest BCUT2D eigenvalue weighted by molar-refractivity contribution is 9.10. The molecule has 0 spiro atoms. The van der Waals surface area contributed by atoms with Crippen molar-refractivity contribution < 1.29 is 4.39 Å². The van der Waals surface area contributed by atoms with Crippen LogP contribution in [0.25, 0.3) is 0 Å². The molecule has 0 heterocycles. The Bertz CT molecular complexity index is 375. The summed E-state index contributed by atoms with van der Waals surface area (Å²) < 4.78 is 13.7. The summed E-state index contributed by atoms with van der Waals surface area (Å²) in [5, 5.41) is 3.26. The van der Waals surface area contributed by atoms with E-state index in [0.29, 0.717) is 21.9 Å². The van der Waals surface area contributed by atoms with Crippen LogP contribution in [0.2, 0.25) is 0 Å². The van der Waals surface area contributed by atoms with Crippen LogP contribution >= 0.6 is 15.9 Å². The van der Waals surface area contributed by atoms with Gasteiger partial charge in [0.2, 0.25) is 0 Å². The second kappa shape index (κ2) is 4.00. The summed E-state index contributed by atoms with van der Waals surface area (Å²) in [6, 6.07) is 3.49. The Morgan fingerprint density at radius 2 is 2.13 bits per heavy atom. The van der Waals surface area contributed by atoms with Crippen LogP contribution in [-0.2, 0) is 0 Å². The number of nitrogen functional groups attached to an aromatic ring is 1. The maximum atomic E-state index is 13.3. The zero-order valence-corrected chi connectivity index (χ0v) is 10.1. The fourth-order valence-corrected chi connectivity index (χ4v) is 2.29. The number of hydrogen-bond acceptors (Lipinski definition) is 2. The average molecular weight is 273 g/mol. The van der Waals surface area contributed by atoms with E-state index >= 15 is 0 Å². The lowest BCUT2D eigenvalue weighted by Gasteiger charge is -2.34. The summed E-state index contributed by atoms with van der Waals surface area (Å²) in [4.78, 5) is 0. The third-order valence-corrected chi connectivity index (χ3v) is 3.43. The first-order valence-corrected chi connectivity index (χ1v) is 5.86. The molecule has 4 heteroatoms. The molecule has 2 nitrogen and oxygen atoms in total. The van der Waals surface area contributed by atoms with E-state index in [9.17, 15) is 4.39 Å². The minimum absolute atomic E-state index is 0.279. The van der Waals surface area contributed by atoms with Crippen LogP contribution in [-0.4, -0.2) is 6.04 Å². The Balaban J connectivity index is 2.11. The predicted octanol–water partition coefficient (Wildman–Crippen LogP) is 3.38. The van der Waals surface area contributed by atoms with E-state index in [1.165, 1.54) is 6.07 Å². The van der Waals surface area contributed by atoms with Gasteiger partial charge in [-0.3, -0.25) is 0 Å². The molecular formula is C11H14BrFN2. The van der Waals surface area contributed by atoms with Gasteiger partial charge >= 0.3 is 0 Å². The van der Waals surface area contributed by atoms with Gasteiger partial charge in [0.25, 0.3) is 0 Å². The molecule has 0 atom stereocenters. The number of anilines is 2. The normalized spacial score (nSPS) is 24.7. The van der Waals surface area contributed by atoms with Crippen LogP contribution in [0.3, 0.4) is 0 Å². The molecule has 1 aliphatic carbocycles. The quantitative estimate of drug-likeness (QED) is 0.811. The van der Waals surface area contributed by atoms with Crippen LogP contribution in [0.15, 0.2) is 16.6 Å². The van der Waals surface area contributed by atoms with Crippen molar-refractivity contribution >= 4 is 27.3 Å². The molecule has 15 heavy (non-hydrogen) atoms. The molecule has 0 unspecified atom stereocenters. The van der Waals surface area contributed by atoms with Crippen molar-refractivity contribution in [2.45, 2.75) is 25.8 Å². The Labute approximate surface area is 97.2 Å². The Morgan fingerprint density at radius 1 is 1.47 bits per heavy atom. The zero-order chi connectivity index (χ0) is 11.0. The standard InChI is InChI=1S/C11H14BrFN2/c1-6-2-7(3-6)15-11-5-9(13)8(12)4-10(11)14/h4-7,15H,2-3,14H2,1H3. The molecule has 0 radical (unpaired) electrons. The molecule has 0 saturated heterocycles. The SMILES string of the molecule is CC1CC(Nc2cc(F)c(Br)cc2N)C1. The first kappa shape index (κ1) is 10.7. The number of halogens is 2. The van der Waals surface area contributed by atoms with E-state index in [2.05, 4.69) is 28.2 Å². The van der Waals surface area contributed by atoms with Gasteiger partial charge in [0.15, 0.2) is 0 Å². The number of hydrogen-bond donors (Lipinski definition) is 2. The summed E-state index contributed by atoms with van der Waals surface area (Å²) in [6.45, 7) is 2.21. The van der Waals surface area contributed by atoms with Crippen molar-refractivity contribution in [3.8, 4) is 0 Å². The topological polar surface area (TPSA) is 38.0 Å². The van der Waals surface area contributed by atoms with Gasteiger partial charge in [-0.25, -0.2) is 4.39 Å². The Kier molecular flexibility index (Phi) is 2.87. The van der Waals surface area contributed by atoms with E-state index in [1.54, 1.807) is 6.07 Å². The highest BCUT2D eigenvalue weighted by atomic mass is 79.9. The first-order chi connectivity index (χ1) is 7.06. The first-order valence-electron chi connectivity index (χ1n) is 5.07. The minimum Gasteiger partial charge on any atom is -0.397 e. The Morgan fingerprint density at radius 3 is 2.73 bits per heavy atom. The zero-order valence-electron chi connectivity index (χ0n) is 8.56. The molecule has 0 bridgehead atoms. The van der Waals surface area contributed by atoms with Crippen molar-refractivity contribution in [2.75, 3.05) is 11.1 Å². The van der Waals surface area contributed by atoms with E-state index in [-0.39, 0.29) is 5.82 Å². The lowest BCUT2D eigenvalue weighted by molar-refractivity contribution is 0.309. The maximum Gasteiger partial charge on any atom is 0.139 e. The lowest BCUT2D eigenvalue weighted by Crippen LogP contribution is -2.34. The molecule has 1 saturated carbocycles. The van der Waals surface area contributed by atoms with Gasteiger partial charge in [-0.15, -0.1) is 0 Å². The molecule has 82 valence electrons. The van der Waals surface area contributed by atoms with Gasteiger partial charge < -0.3 is 11.1 Å². The number of nitrogens with one attached hydrogen (secondary N) is 1. The summed E-state index contributed by atoms with van der Waals surface area (Å²) in [5.41, 5.74) is 7.08. The highest BCUT2D eigenvalue weighted by Crippen LogP contribution is 2.33. The van der Waals surface area contributed by atoms with Crippen LogP contribution in [0.1, 0.15) is 19.8 Å². The maximum absolute atomic E-state index is 13.3. The third-order valence-electron chi connectivity index (χ3n) is 2.83. The van der Waals surface area contributed by atoms with Gasteiger partial charge in [0, 0.05) is 12.1 Å². The van der Waals surface area contributed by atoms with Crippen LogP contribution in [0.5, 0.6) is 0 Å². The summed E-state index contributed by atoms with van der Waals surface area (Å²) in [5.74, 6) is 0.489. The minimum atomic E-state index is -0.279. The summed E-state index contributed by atoms with van der Waals surface area (Å²) in [6.07, 6.45) is 2.27. The van der Waals surface area contributed by atoms with Crippen molar-refractivity contribution in [3.63, 3.8) is 0 Å². The van der Waals surface area contributed by atoms with Gasteiger partial charge in [0.05, 0.1) is 15.8 Å². The van der Waals surface area contributed by atoms with Gasteiger partial charge in [-0.1, -0.05) is 6.92 Å². The molecule has 2 rings (SSSR count). The van der Waals surface area contributed by atoms with Gasteiger partial charge in [0.1, 0.15) is 5.82 Å². The van der Waals surface area contributed by atoms with E-state index in [4.69, 9.17) is 5.73 Å². The van der Waals surface area contributed by atoms with E-state index < -0.39 is 0 Å². The highest BCUT2D eigenvalue weighted by Gasteiger charge is 2.25.